The zero-order valence-corrected chi connectivity index (χ0v) is 17.8. The molecule has 31 heavy (non-hydrogen) atoms. The summed E-state index contributed by atoms with van der Waals surface area (Å²) >= 11 is 0. The molecule has 2 N–H and O–H groups in total. The summed E-state index contributed by atoms with van der Waals surface area (Å²) in [6, 6.07) is 10.9. The van der Waals surface area contributed by atoms with Gasteiger partial charge in [0.15, 0.2) is 0 Å². The van der Waals surface area contributed by atoms with E-state index in [1.807, 2.05) is 0 Å². The molecule has 1 aliphatic rings. The maximum absolute atomic E-state index is 13.0. The standard InChI is InChI=1S/C21H24FN3O5S/c1-25(14-20(26)24-17-9-7-16(22)8-10-17)21(27)15-4-2-6-19(12-15)31(28,29)23-13-18-5-3-11-30-18/h2,4,6-10,12,18,23H,3,5,11,13-14H2,1H3,(H,24,26)/t18-/m0/s1. The zero-order chi connectivity index (χ0) is 22.4. The first-order chi connectivity index (χ1) is 14.7. The van der Waals surface area contributed by atoms with E-state index in [1.54, 1.807) is 0 Å². The average molecular weight is 450 g/mol. The molecule has 0 aliphatic carbocycles. The van der Waals surface area contributed by atoms with Crippen molar-refractivity contribution in [2.24, 2.45) is 0 Å². The van der Waals surface area contributed by atoms with E-state index in [9.17, 15) is 22.4 Å². The highest BCUT2D eigenvalue weighted by Gasteiger charge is 2.22. The molecular formula is C21H24FN3O5S. The molecule has 3 rings (SSSR count). The quantitative estimate of drug-likeness (QED) is 0.641. The molecule has 0 bridgehead atoms. The smallest absolute Gasteiger partial charge is 0.254 e. The number of hydrogen-bond acceptors (Lipinski definition) is 5. The third-order valence-corrected chi connectivity index (χ3v) is 6.19. The lowest BCUT2D eigenvalue weighted by molar-refractivity contribution is -0.116. The predicted molar refractivity (Wildman–Crippen MR) is 113 cm³/mol. The number of amides is 2. The van der Waals surface area contributed by atoms with E-state index in [1.165, 1.54) is 60.5 Å². The molecule has 0 saturated carbocycles. The van der Waals surface area contributed by atoms with Crippen molar-refractivity contribution in [2.45, 2.75) is 23.8 Å². The number of likely N-dealkylation sites (N-methyl/N-ethyl adjacent to an activating group) is 1. The monoisotopic (exact) mass is 449 g/mol. The first-order valence-electron chi connectivity index (χ1n) is 9.77. The number of nitrogens with zero attached hydrogens (tertiary/aromatic N) is 1. The molecule has 1 heterocycles. The highest BCUT2D eigenvalue weighted by molar-refractivity contribution is 7.89. The van der Waals surface area contributed by atoms with E-state index in [2.05, 4.69) is 10.0 Å². The van der Waals surface area contributed by atoms with Gasteiger partial charge in [-0.2, -0.15) is 0 Å². The van der Waals surface area contributed by atoms with Gasteiger partial charge >= 0.3 is 0 Å². The van der Waals surface area contributed by atoms with E-state index in [0.29, 0.717) is 12.3 Å². The largest absolute Gasteiger partial charge is 0.377 e. The molecule has 1 fully saturated rings. The maximum Gasteiger partial charge on any atom is 0.254 e. The van der Waals surface area contributed by atoms with Gasteiger partial charge in [0, 0.05) is 31.5 Å². The summed E-state index contributed by atoms with van der Waals surface area (Å²) in [6.07, 6.45) is 1.55. The summed E-state index contributed by atoms with van der Waals surface area (Å²) in [6.45, 7) is 0.534. The Morgan fingerprint density at radius 2 is 1.94 bits per heavy atom. The van der Waals surface area contributed by atoms with Crippen molar-refractivity contribution in [1.82, 2.24) is 9.62 Å². The molecule has 2 aromatic carbocycles. The Balaban J connectivity index is 1.61. The van der Waals surface area contributed by atoms with Crippen LogP contribution in [-0.4, -0.2) is 58.0 Å². The van der Waals surface area contributed by atoms with Crippen molar-refractivity contribution in [3.8, 4) is 0 Å². The molecule has 10 heteroatoms. The van der Waals surface area contributed by atoms with Crippen LogP contribution in [0, 0.1) is 5.82 Å². The van der Waals surface area contributed by atoms with Crippen LogP contribution in [0.3, 0.4) is 0 Å². The van der Waals surface area contributed by atoms with Crippen LogP contribution in [-0.2, 0) is 19.6 Å². The molecule has 2 amide bonds. The Morgan fingerprint density at radius 1 is 1.19 bits per heavy atom. The van der Waals surface area contributed by atoms with Crippen LogP contribution in [0.5, 0.6) is 0 Å². The fourth-order valence-corrected chi connectivity index (χ4v) is 4.24. The first-order valence-corrected chi connectivity index (χ1v) is 11.2. The van der Waals surface area contributed by atoms with Crippen molar-refractivity contribution in [3.05, 3.63) is 59.9 Å². The summed E-state index contributed by atoms with van der Waals surface area (Å²) in [7, 11) is -2.37. The Kier molecular flexibility index (Phi) is 7.37. The summed E-state index contributed by atoms with van der Waals surface area (Å²) in [5.74, 6) is -1.40. The zero-order valence-electron chi connectivity index (χ0n) is 17.0. The first kappa shape index (κ1) is 22.9. The summed E-state index contributed by atoms with van der Waals surface area (Å²) < 4.78 is 46.0. The number of ether oxygens (including phenoxy) is 1. The minimum atomic E-state index is -3.81. The van der Waals surface area contributed by atoms with Crippen molar-refractivity contribution in [1.29, 1.82) is 0 Å². The Morgan fingerprint density at radius 3 is 2.61 bits per heavy atom. The number of hydrogen-bond donors (Lipinski definition) is 2. The van der Waals surface area contributed by atoms with Crippen molar-refractivity contribution >= 4 is 27.5 Å². The lowest BCUT2D eigenvalue weighted by atomic mass is 10.2. The number of carbonyl (C=O) groups is 2. The maximum atomic E-state index is 13.0. The van der Waals surface area contributed by atoms with Gasteiger partial charge in [-0.05, 0) is 55.3 Å². The van der Waals surface area contributed by atoms with Crippen LogP contribution >= 0.6 is 0 Å². The Hall–Kier alpha value is -2.82. The van der Waals surface area contributed by atoms with Crippen LogP contribution in [0.2, 0.25) is 0 Å². The molecule has 1 saturated heterocycles. The van der Waals surface area contributed by atoms with Gasteiger partial charge in [0.2, 0.25) is 15.9 Å². The second kappa shape index (κ2) is 9.99. The van der Waals surface area contributed by atoms with Crippen LogP contribution in [0.4, 0.5) is 10.1 Å². The SMILES string of the molecule is CN(CC(=O)Nc1ccc(F)cc1)C(=O)c1cccc(S(=O)(=O)NC[C@@H]2CCCO2)c1. The third kappa shape index (κ3) is 6.33. The van der Waals surface area contributed by atoms with Gasteiger partial charge in [0.25, 0.3) is 5.91 Å². The third-order valence-electron chi connectivity index (χ3n) is 4.77. The van der Waals surface area contributed by atoms with Crippen LogP contribution in [0.25, 0.3) is 0 Å². The molecule has 0 spiro atoms. The lowest BCUT2D eigenvalue weighted by Crippen LogP contribution is -2.35. The molecule has 166 valence electrons. The minimum Gasteiger partial charge on any atom is -0.377 e. The fourth-order valence-electron chi connectivity index (χ4n) is 3.13. The number of rotatable bonds is 8. The number of nitrogens with one attached hydrogen (secondary N) is 2. The molecular weight excluding hydrogens is 425 g/mol. The molecule has 1 aliphatic heterocycles. The second-order valence-electron chi connectivity index (χ2n) is 7.23. The second-order valence-corrected chi connectivity index (χ2v) is 9.00. The fraction of sp³-hybridized carbons (Fsp3) is 0.333. The normalized spacial score (nSPS) is 16.1. The average Bonchev–Trinajstić information content (AvgIpc) is 3.27. The van der Waals surface area contributed by atoms with Crippen LogP contribution in [0.15, 0.2) is 53.4 Å². The van der Waals surface area contributed by atoms with Gasteiger partial charge in [-0.25, -0.2) is 17.5 Å². The summed E-state index contributed by atoms with van der Waals surface area (Å²) in [5, 5.41) is 2.57. The van der Waals surface area contributed by atoms with Gasteiger partial charge in [0.05, 0.1) is 17.5 Å². The molecule has 1 atom stereocenters. The summed E-state index contributed by atoms with van der Waals surface area (Å²) in [4.78, 5) is 26.0. The summed E-state index contributed by atoms with van der Waals surface area (Å²) in [5.41, 5.74) is 0.537. The van der Waals surface area contributed by atoms with Gasteiger partial charge in [-0.15, -0.1) is 0 Å². The van der Waals surface area contributed by atoms with Crippen molar-refractivity contribution in [2.75, 3.05) is 32.1 Å². The molecule has 8 nitrogen and oxygen atoms in total. The highest BCUT2D eigenvalue weighted by atomic mass is 32.2. The predicted octanol–water partition coefficient (Wildman–Crippen LogP) is 1.99. The van der Waals surface area contributed by atoms with E-state index in [0.717, 1.165) is 12.8 Å². The number of sulfonamides is 1. The number of carbonyl (C=O) groups excluding carboxylic acids is 2. The van der Waals surface area contributed by atoms with E-state index in [-0.39, 0.29) is 29.7 Å². The topological polar surface area (TPSA) is 105 Å². The van der Waals surface area contributed by atoms with E-state index in [4.69, 9.17) is 4.74 Å². The molecule has 2 aromatic rings. The molecule has 0 radical (unpaired) electrons. The molecule has 0 aromatic heterocycles. The van der Waals surface area contributed by atoms with Crippen LogP contribution in [0.1, 0.15) is 23.2 Å². The Bertz CT molecular complexity index is 1040. The minimum absolute atomic E-state index is 0.0412. The van der Waals surface area contributed by atoms with Crippen LogP contribution < -0.4 is 10.0 Å². The van der Waals surface area contributed by atoms with Crippen molar-refractivity contribution in [3.63, 3.8) is 0 Å². The van der Waals surface area contributed by atoms with Gasteiger partial charge in [-0.1, -0.05) is 6.07 Å². The van der Waals surface area contributed by atoms with Gasteiger partial charge in [0.1, 0.15) is 5.82 Å². The van der Waals surface area contributed by atoms with Gasteiger partial charge < -0.3 is 15.0 Å². The lowest BCUT2D eigenvalue weighted by Gasteiger charge is -2.17. The van der Waals surface area contributed by atoms with Crippen molar-refractivity contribution < 1.29 is 27.1 Å². The Labute approximate surface area is 180 Å². The number of anilines is 1. The number of benzene rings is 2. The van der Waals surface area contributed by atoms with Gasteiger partial charge in [-0.3, -0.25) is 9.59 Å². The molecule has 0 unspecified atom stereocenters. The highest BCUT2D eigenvalue weighted by Crippen LogP contribution is 2.16. The number of halogens is 1. The van der Waals surface area contributed by atoms with E-state index >= 15 is 0 Å². The van der Waals surface area contributed by atoms with E-state index < -0.39 is 27.7 Å².